The molecule has 1 aliphatic carbocycles. The molecule has 0 unspecified atom stereocenters. The van der Waals surface area contributed by atoms with Crippen LogP contribution in [0.4, 0.5) is 0 Å². The second-order valence-corrected chi connectivity index (χ2v) is 4.91. The van der Waals surface area contributed by atoms with Crippen molar-refractivity contribution in [1.29, 1.82) is 0 Å². The summed E-state index contributed by atoms with van der Waals surface area (Å²) in [6.07, 6.45) is 7.00. The zero-order valence-electron chi connectivity index (χ0n) is 8.59. The summed E-state index contributed by atoms with van der Waals surface area (Å²) in [6.45, 7) is 2.21. The lowest BCUT2D eigenvalue weighted by atomic mass is 9.75. The molecule has 0 amide bonds. The van der Waals surface area contributed by atoms with E-state index in [1.165, 1.54) is 24.0 Å². The Morgan fingerprint density at radius 1 is 1.20 bits per heavy atom. The van der Waals surface area contributed by atoms with Crippen molar-refractivity contribution in [2.24, 2.45) is 0 Å². The Balaban J connectivity index is 2.09. The van der Waals surface area contributed by atoms with Crippen molar-refractivity contribution in [3.63, 3.8) is 0 Å². The summed E-state index contributed by atoms with van der Waals surface area (Å²) >= 11 is 6.08. The fourth-order valence-corrected chi connectivity index (χ4v) is 2.93. The molecular weight excluding hydrogens is 206 g/mol. The first-order chi connectivity index (χ1) is 7.30. The molecule has 1 nitrogen and oxygen atoms in total. The van der Waals surface area contributed by atoms with E-state index in [1.807, 2.05) is 6.07 Å². The molecule has 1 aromatic rings. The molecule has 2 heteroatoms. The normalized spacial score (nSPS) is 21.9. The monoisotopic (exact) mass is 219 g/mol. The molecule has 3 rings (SSSR count). The van der Waals surface area contributed by atoms with Gasteiger partial charge in [0.25, 0.3) is 0 Å². The van der Waals surface area contributed by atoms with Crippen molar-refractivity contribution in [2.75, 3.05) is 13.1 Å². The van der Waals surface area contributed by atoms with E-state index in [4.69, 9.17) is 11.6 Å². The lowest BCUT2D eigenvalue weighted by Crippen LogP contribution is -2.37. The molecule has 1 heterocycles. The molecule has 1 saturated heterocycles. The zero-order chi connectivity index (χ0) is 10.3. The largest absolute Gasteiger partial charge is 0.317 e. The third-order valence-corrected chi connectivity index (χ3v) is 3.86. The van der Waals surface area contributed by atoms with Gasteiger partial charge in [0.2, 0.25) is 0 Å². The predicted octanol–water partition coefficient (Wildman–Crippen LogP) is 2.99. The molecule has 1 N–H and O–H groups in total. The fraction of sp³-hybridized carbons (Fsp3) is 0.385. The van der Waals surface area contributed by atoms with Gasteiger partial charge in [-0.05, 0) is 49.2 Å². The lowest BCUT2D eigenvalue weighted by Gasteiger charge is -2.33. The summed E-state index contributed by atoms with van der Waals surface area (Å²) in [6, 6.07) is 6.25. The zero-order valence-corrected chi connectivity index (χ0v) is 9.35. The Morgan fingerprint density at radius 2 is 2.00 bits per heavy atom. The third kappa shape index (κ3) is 1.42. The first-order valence-corrected chi connectivity index (χ1v) is 5.88. The van der Waals surface area contributed by atoms with Gasteiger partial charge in [0, 0.05) is 10.4 Å². The molecule has 78 valence electrons. The van der Waals surface area contributed by atoms with Crippen LogP contribution >= 0.6 is 11.6 Å². The van der Waals surface area contributed by atoms with Crippen molar-refractivity contribution >= 4 is 17.7 Å². The molecule has 15 heavy (non-hydrogen) atoms. The van der Waals surface area contributed by atoms with E-state index < -0.39 is 0 Å². The van der Waals surface area contributed by atoms with E-state index in [1.54, 1.807) is 0 Å². The molecule has 1 aliphatic heterocycles. The van der Waals surface area contributed by atoms with Crippen molar-refractivity contribution in [3.8, 4) is 0 Å². The van der Waals surface area contributed by atoms with Gasteiger partial charge in [-0.1, -0.05) is 29.8 Å². The van der Waals surface area contributed by atoms with Crippen molar-refractivity contribution in [3.05, 3.63) is 40.4 Å². The number of allylic oxidation sites excluding steroid dienone is 1. The van der Waals surface area contributed by atoms with Crippen LogP contribution in [0.2, 0.25) is 5.02 Å². The summed E-state index contributed by atoms with van der Waals surface area (Å²) in [5.41, 5.74) is 3.05. The summed E-state index contributed by atoms with van der Waals surface area (Å²) < 4.78 is 0. The smallest absolute Gasteiger partial charge is 0.0409 e. The molecular formula is C13H14ClN. The average Bonchev–Trinajstić information content (AvgIpc) is 2.59. The molecule has 0 saturated carbocycles. The molecule has 0 radical (unpaired) electrons. The van der Waals surface area contributed by atoms with E-state index in [9.17, 15) is 0 Å². The SMILES string of the molecule is Clc1ccc2c(c1)C1(C=C2)CCNCC1. The van der Waals surface area contributed by atoms with Crippen molar-refractivity contribution in [1.82, 2.24) is 5.32 Å². The number of nitrogens with one attached hydrogen (secondary N) is 1. The Labute approximate surface area is 95.1 Å². The average molecular weight is 220 g/mol. The summed E-state index contributed by atoms with van der Waals surface area (Å²) in [4.78, 5) is 0. The molecule has 1 aromatic carbocycles. The van der Waals surface area contributed by atoms with Crippen LogP contribution in [-0.2, 0) is 5.41 Å². The van der Waals surface area contributed by atoms with Gasteiger partial charge in [-0.3, -0.25) is 0 Å². The summed E-state index contributed by atoms with van der Waals surface area (Å²) in [7, 11) is 0. The van der Waals surface area contributed by atoms with Crippen LogP contribution in [0.15, 0.2) is 24.3 Å². The van der Waals surface area contributed by atoms with Gasteiger partial charge < -0.3 is 5.32 Å². The highest BCUT2D eigenvalue weighted by Gasteiger charge is 2.35. The maximum Gasteiger partial charge on any atom is 0.0409 e. The maximum absolute atomic E-state index is 6.08. The number of hydrogen-bond acceptors (Lipinski definition) is 1. The molecule has 2 aliphatic rings. The van der Waals surface area contributed by atoms with Gasteiger partial charge in [0.15, 0.2) is 0 Å². The highest BCUT2D eigenvalue weighted by molar-refractivity contribution is 6.30. The number of hydrogen-bond donors (Lipinski definition) is 1. The third-order valence-electron chi connectivity index (χ3n) is 3.63. The van der Waals surface area contributed by atoms with Gasteiger partial charge in [-0.2, -0.15) is 0 Å². The van der Waals surface area contributed by atoms with Crippen LogP contribution in [0.1, 0.15) is 24.0 Å². The Hall–Kier alpha value is -0.790. The van der Waals surface area contributed by atoms with Gasteiger partial charge in [0.05, 0.1) is 0 Å². The standard InChI is InChI=1S/C13H14ClN/c14-11-2-1-10-3-4-13(12(10)9-11)5-7-15-8-6-13/h1-4,9,15H,5-8H2. The predicted molar refractivity (Wildman–Crippen MR) is 64.3 cm³/mol. The fourth-order valence-electron chi connectivity index (χ4n) is 2.75. The van der Waals surface area contributed by atoms with Crippen LogP contribution in [0.3, 0.4) is 0 Å². The summed E-state index contributed by atoms with van der Waals surface area (Å²) in [5, 5.41) is 4.27. The van der Waals surface area contributed by atoms with Crippen LogP contribution in [0.5, 0.6) is 0 Å². The first kappa shape index (κ1) is 9.44. The number of rotatable bonds is 0. The van der Waals surface area contributed by atoms with Crippen LogP contribution in [-0.4, -0.2) is 13.1 Å². The minimum atomic E-state index is 0.269. The maximum atomic E-state index is 6.08. The Kier molecular flexibility index (Phi) is 2.11. The minimum absolute atomic E-state index is 0.269. The van der Waals surface area contributed by atoms with Gasteiger partial charge in [-0.25, -0.2) is 0 Å². The highest BCUT2D eigenvalue weighted by Crippen LogP contribution is 2.43. The number of benzene rings is 1. The second-order valence-electron chi connectivity index (χ2n) is 4.47. The van der Waals surface area contributed by atoms with Crippen LogP contribution in [0, 0.1) is 0 Å². The van der Waals surface area contributed by atoms with E-state index >= 15 is 0 Å². The van der Waals surface area contributed by atoms with E-state index in [0.717, 1.165) is 18.1 Å². The Bertz CT molecular complexity index is 417. The van der Waals surface area contributed by atoms with Crippen molar-refractivity contribution in [2.45, 2.75) is 18.3 Å². The van der Waals surface area contributed by atoms with Crippen LogP contribution < -0.4 is 5.32 Å². The van der Waals surface area contributed by atoms with Gasteiger partial charge in [0.1, 0.15) is 0 Å². The molecule has 1 fully saturated rings. The highest BCUT2D eigenvalue weighted by atomic mass is 35.5. The topological polar surface area (TPSA) is 12.0 Å². The van der Waals surface area contributed by atoms with Gasteiger partial charge in [-0.15, -0.1) is 0 Å². The first-order valence-electron chi connectivity index (χ1n) is 5.50. The van der Waals surface area contributed by atoms with Gasteiger partial charge >= 0.3 is 0 Å². The van der Waals surface area contributed by atoms with E-state index in [-0.39, 0.29) is 5.41 Å². The molecule has 0 aromatic heterocycles. The molecule has 0 bridgehead atoms. The van der Waals surface area contributed by atoms with E-state index in [0.29, 0.717) is 0 Å². The summed E-state index contributed by atoms with van der Waals surface area (Å²) in [5.74, 6) is 0. The molecule has 0 atom stereocenters. The number of halogens is 1. The quantitative estimate of drug-likeness (QED) is 0.708. The number of piperidine rings is 1. The van der Waals surface area contributed by atoms with Crippen molar-refractivity contribution < 1.29 is 0 Å². The lowest BCUT2D eigenvalue weighted by molar-refractivity contribution is 0.378. The number of fused-ring (bicyclic) bond motifs is 2. The minimum Gasteiger partial charge on any atom is -0.317 e. The Morgan fingerprint density at radius 3 is 2.80 bits per heavy atom. The van der Waals surface area contributed by atoms with Crippen LogP contribution in [0.25, 0.3) is 6.08 Å². The van der Waals surface area contributed by atoms with E-state index in [2.05, 4.69) is 29.6 Å². The second kappa shape index (κ2) is 3.36. The molecule has 1 spiro atoms.